The van der Waals surface area contributed by atoms with E-state index in [1.54, 1.807) is 23.7 Å². The number of aromatic hydroxyl groups is 1. The van der Waals surface area contributed by atoms with Crippen molar-refractivity contribution in [2.45, 2.75) is 17.7 Å². The smallest absolute Gasteiger partial charge is 0.373 e. The molecule has 0 amide bonds. The van der Waals surface area contributed by atoms with Crippen LogP contribution in [0.25, 0.3) is 21.9 Å². The van der Waals surface area contributed by atoms with Crippen molar-refractivity contribution in [2.24, 2.45) is 13.0 Å². The van der Waals surface area contributed by atoms with Crippen LogP contribution in [0.15, 0.2) is 53.6 Å². The number of aryl methyl sites for hydroxylation is 1. The van der Waals surface area contributed by atoms with E-state index < -0.39 is 9.84 Å². The standard InChI is InChI=1S/C21H21NO4S/c1-22-12-20(18-5-3-4-6-19(18)21(22)23)15-9-16(26-13-14-7-8-14)11-17(10-15)27(2,24)25/h3-6,9-12,14H,7-8,13H2,1-2H3/p+1. The number of nitrogens with zero attached hydrogens (tertiary/aromatic N) is 1. The molecule has 140 valence electrons. The second-order valence-electron chi connectivity index (χ2n) is 7.24. The molecule has 2 aromatic carbocycles. The van der Waals surface area contributed by atoms with E-state index >= 15 is 0 Å². The van der Waals surface area contributed by atoms with Gasteiger partial charge in [0.25, 0.3) is 0 Å². The minimum Gasteiger partial charge on any atom is -0.493 e. The predicted molar refractivity (Wildman–Crippen MR) is 104 cm³/mol. The molecule has 1 fully saturated rings. The summed E-state index contributed by atoms with van der Waals surface area (Å²) in [6.45, 7) is 0.608. The number of benzene rings is 2. The van der Waals surface area contributed by atoms with E-state index in [-0.39, 0.29) is 10.8 Å². The zero-order valence-corrected chi connectivity index (χ0v) is 16.2. The third kappa shape index (κ3) is 3.62. The maximum absolute atomic E-state index is 12.2. The topological polar surface area (TPSA) is 67.5 Å². The average molecular weight is 384 g/mol. The third-order valence-corrected chi connectivity index (χ3v) is 6.01. The molecule has 3 aromatic rings. The summed E-state index contributed by atoms with van der Waals surface area (Å²) in [7, 11) is -1.63. The van der Waals surface area contributed by atoms with Crippen LogP contribution in [-0.4, -0.2) is 26.4 Å². The summed E-state index contributed by atoms with van der Waals surface area (Å²) in [5.41, 5.74) is 1.59. The Morgan fingerprint density at radius 2 is 1.85 bits per heavy atom. The molecule has 1 heterocycles. The van der Waals surface area contributed by atoms with Gasteiger partial charge in [0.05, 0.1) is 22.5 Å². The predicted octanol–water partition coefficient (Wildman–Crippen LogP) is 3.23. The lowest BCUT2D eigenvalue weighted by Gasteiger charge is -2.12. The molecule has 0 atom stereocenters. The van der Waals surface area contributed by atoms with Crippen LogP contribution < -0.4 is 9.30 Å². The Labute approximate surface area is 158 Å². The van der Waals surface area contributed by atoms with Crippen LogP contribution in [0.5, 0.6) is 11.6 Å². The summed E-state index contributed by atoms with van der Waals surface area (Å²) < 4.78 is 31.9. The van der Waals surface area contributed by atoms with Gasteiger partial charge < -0.3 is 9.84 Å². The van der Waals surface area contributed by atoms with Crippen molar-refractivity contribution in [3.05, 3.63) is 48.7 Å². The summed E-state index contributed by atoms with van der Waals surface area (Å²) in [4.78, 5) is 0.227. The van der Waals surface area contributed by atoms with E-state index in [9.17, 15) is 13.5 Å². The fraction of sp³-hybridized carbons (Fsp3) is 0.286. The van der Waals surface area contributed by atoms with Crippen molar-refractivity contribution in [1.29, 1.82) is 0 Å². The van der Waals surface area contributed by atoms with Crippen molar-refractivity contribution in [2.75, 3.05) is 12.9 Å². The Bertz CT molecular complexity index is 1130. The van der Waals surface area contributed by atoms with E-state index in [1.165, 1.54) is 6.26 Å². The van der Waals surface area contributed by atoms with Crippen LogP contribution in [-0.2, 0) is 16.9 Å². The SMILES string of the molecule is C[n+]1cc(-c2cc(OCC3CC3)cc(S(C)(=O)=O)c2)c2ccccc2c1O. The lowest BCUT2D eigenvalue weighted by molar-refractivity contribution is -0.675. The molecule has 5 nitrogen and oxygen atoms in total. The highest BCUT2D eigenvalue weighted by atomic mass is 32.2. The van der Waals surface area contributed by atoms with Crippen molar-refractivity contribution < 1.29 is 22.8 Å². The first-order valence-electron chi connectivity index (χ1n) is 8.91. The molecule has 0 unspecified atom stereocenters. The lowest BCUT2D eigenvalue weighted by atomic mass is 10.0. The minimum atomic E-state index is -3.39. The molecule has 0 saturated heterocycles. The van der Waals surface area contributed by atoms with Crippen LogP contribution in [0.3, 0.4) is 0 Å². The second kappa shape index (κ2) is 6.53. The van der Waals surface area contributed by atoms with Gasteiger partial charge in [0.1, 0.15) is 12.8 Å². The molecule has 1 aliphatic rings. The first-order chi connectivity index (χ1) is 12.8. The van der Waals surface area contributed by atoms with Crippen LogP contribution in [0.4, 0.5) is 0 Å². The van der Waals surface area contributed by atoms with Gasteiger partial charge in [-0.05, 0) is 48.6 Å². The molecule has 0 spiro atoms. The Balaban J connectivity index is 1.91. The molecule has 4 rings (SSSR count). The van der Waals surface area contributed by atoms with Crippen molar-refractivity contribution >= 4 is 20.6 Å². The summed E-state index contributed by atoms with van der Waals surface area (Å²) in [5, 5.41) is 11.9. The van der Waals surface area contributed by atoms with Crippen LogP contribution in [0.1, 0.15) is 12.8 Å². The number of sulfone groups is 1. The monoisotopic (exact) mass is 384 g/mol. The summed E-state index contributed by atoms with van der Waals surface area (Å²) in [6, 6.07) is 12.7. The molecule has 0 bridgehead atoms. The average Bonchev–Trinajstić information content (AvgIpc) is 3.46. The van der Waals surface area contributed by atoms with Gasteiger partial charge in [0.2, 0.25) is 0 Å². The van der Waals surface area contributed by atoms with Gasteiger partial charge in [-0.1, -0.05) is 18.2 Å². The maximum Gasteiger partial charge on any atom is 0.373 e. The number of pyridine rings is 1. The second-order valence-corrected chi connectivity index (χ2v) is 9.26. The van der Waals surface area contributed by atoms with E-state index in [1.807, 2.05) is 36.5 Å². The molecule has 0 radical (unpaired) electrons. The van der Waals surface area contributed by atoms with Crippen molar-refractivity contribution in [3.63, 3.8) is 0 Å². The Morgan fingerprint density at radius 1 is 1.15 bits per heavy atom. The van der Waals surface area contributed by atoms with Gasteiger partial charge in [-0.2, -0.15) is 4.57 Å². The first kappa shape index (κ1) is 17.8. The highest BCUT2D eigenvalue weighted by Gasteiger charge is 2.23. The largest absolute Gasteiger partial charge is 0.493 e. The molecule has 1 aliphatic carbocycles. The number of ether oxygens (including phenoxy) is 1. The fourth-order valence-corrected chi connectivity index (χ4v) is 3.85. The third-order valence-electron chi connectivity index (χ3n) is 4.92. The zero-order chi connectivity index (χ0) is 19.2. The molecule has 0 aliphatic heterocycles. The Hall–Kier alpha value is -2.60. The quantitative estimate of drug-likeness (QED) is 0.686. The fourth-order valence-electron chi connectivity index (χ4n) is 3.18. The number of rotatable bonds is 5. The Kier molecular flexibility index (Phi) is 4.30. The van der Waals surface area contributed by atoms with Crippen LogP contribution >= 0.6 is 0 Å². The lowest BCUT2D eigenvalue weighted by Crippen LogP contribution is -2.28. The van der Waals surface area contributed by atoms with Crippen molar-refractivity contribution in [3.8, 4) is 22.8 Å². The van der Waals surface area contributed by atoms with Crippen LogP contribution in [0.2, 0.25) is 0 Å². The van der Waals surface area contributed by atoms with E-state index in [2.05, 4.69) is 0 Å². The normalized spacial score (nSPS) is 14.4. The molecule has 27 heavy (non-hydrogen) atoms. The van der Waals surface area contributed by atoms with Gasteiger partial charge in [-0.15, -0.1) is 0 Å². The molecule has 6 heteroatoms. The van der Waals surface area contributed by atoms with Gasteiger partial charge in [-0.3, -0.25) is 0 Å². The van der Waals surface area contributed by atoms with E-state index in [4.69, 9.17) is 4.74 Å². The molecule has 1 aromatic heterocycles. The van der Waals surface area contributed by atoms with Gasteiger partial charge in [0.15, 0.2) is 16.0 Å². The summed E-state index contributed by atoms with van der Waals surface area (Å²) in [6.07, 6.45) is 5.34. The molecular formula is C21H22NO4S+. The molecule has 1 saturated carbocycles. The van der Waals surface area contributed by atoms with Crippen molar-refractivity contribution in [1.82, 2.24) is 0 Å². The number of hydrogen-bond acceptors (Lipinski definition) is 4. The number of hydrogen-bond donors (Lipinski definition) is 1. The molecular weight excluding hydrogens is 362 g/mol. The highest BCUT2D eigenvalue weighted by molar-refractivity contribution is 7.90. The molecule has 1 N–H and O–H groups in total. The van der Waals surface area contributed by atoms with Gasteiger partial charge in [0, 0.05) is 11.6 Å². The van der Waals surface area contributed by atoms with E-state index in [0.29, 0.717) is 23.7 Å². The maximum atomic E-state index is 12.2. The van der Waals surface area contributed by atoms with E-state index in [0.717, 1.165) is 29.4 Å². The van der Waals surface area contributed by atoms with Gasteiger partial charge in [-0.25, -0.2) is 8.42 Å². The van der Waals surface area contributed by atoms with Gasteiger partial charge >= 0.3 is 5.88 Å². The zero-order valence-electron chi connectivity index (χ0n) is 15.3. The highest BCUT2D eigenvalue weighted by Crippen LogP contribution is 2.35. The first-order valence-corrected chi connectivity index (χ1v) is 10.8. The number of aromatic nitrogens is 1. The van der Waals surface area contributed by atoms with Crippen LogP contribution in [0, 0.1) is 5.92 Å². The Morgan fingerprint density at radius 3 is 2.52 bits per heavy atom. The number of fused-ring (bicyclic) bond motifs is 1. The minimum absolute atomic E-state index is 0.166. The summed E-state index contributed by atoms with van der Waals surface area (Å²) >= 11 is 0. The summed E-state index contributed by atoms with van der Waals surface area (Å²) in [5.74, 6) is 1.29.